The number of halogens is 1. The number of rotatable bonds is 7. The number of hydrazine groups is 2. The molecule has 1 saturated carbocycles. The maximum atomic E-state index is 10.0. The van der Waals surface area contributed by atoms with Gasteiger partial charge in [-0.25, -0.2) is 0 Å². The molecule has 1 aromatic heterocycles. The Morgan fingerprint density at radius 1 is 1.12 bits per heavy atom. The molecule has 5 rings (SSSR count). The minimum atomic E-state index is -1.40. The maximum Gasteiger partial charge on any atom is 0.143 e. The quantitative estimate of drug-likeness (QED) is 0.309. The lowest BCUT2D eigenvalue weighted by Crippen LogP contribution is -2.47. The van der Waals surface area contributed by atoms with Crippen LogP contribution in [0.2, 0.25) is 5.02 Å². The molecule has 1 aliphatic carbocycles. The lowest BCUT2D eigenvalue weighted by atomic mass is 9.69. The molecule has 1 atom stereocenters. The number of hydrogen-bond acceptors (Lipinski definition) is 9. The summed E-state index contributed by atoms with van der Waals surface area (Å²) < 4.78 is 0. The molecule has 2 heterocycles. The average Bonchev–Trinajstić information content (AvgIpc) is 3.56. The molecule has 3 aromatic rings. The summed E-state index contributed by atoms with van der Waals surface area (Å²) in [5, 5.41) is 39.1. The Balaban J connectivity index is 1.65. The van der Waals surface area contributed by atoms with E-state index in [1.54, 1.807) is 23.3 Å². The molecular weight excluding hydrogens is 521 g/mol. The topological polar surface area (TPSA) is 136 Å². The molecule has 2 radical (unpaired) electrons. The summed E-state index contributed by atoms with van der Waals surface area (Å²) in [6, 6.07) is 17.5. The second-order valence-electron chi connectivity index (χ2n) is 11.3. The highest BCUT2D eigenvalue weighted by Gasteiger charge is 2.51. The number of benzene rings is 2. The van der Waals surface area contributed by atoms with E-state index in [1.165, 1.54) is 6.20 Å². The molecule has 40 heavy (non-hydrogen) atoms. The van der Waals surface area contributed by atoms with E-state index in [0.29, 0.717) is 56.2 Å². The molecule has 9 nitrogen and oxygen atoms in total. The highest BCUT2D eigenvalue weighted by molar-refractivity contribution is 6.33. The summed E-state index contributed by atoms with van der Waals surface area (Å²) in [5.74, 6) is 0. The highest BCUT2D eigenvalue weighted by Crippen LogP contribution is 2.43. The van der Waals surface area contributed by atoms with E-state index < -0.39 is 11.0 Å². The minimum Gasteiger partial charge on any atom is -0.383 e. The third-order valence-corrected chi connectivity index (χ3v) is 7.36. The van der Waals surface area contributed by atoms with Crippen LogP contribution in [0.5, 0.6) is 0 Å². The summed E-state index contributed by atoms with van der Waals surface area (Å²) in [4.78, 5) is 4.43. The fourth-order valence-electron chi connectivity index (χ4n) is 4.65. The van der Waals surface area contributed by atoms with Crippen LogP contribution < -0.4 is 21.6 Å². The van der Waals surface area contributed by atoms with Crippen LogP contribution in [-0.4, -0.2) is 29.9 Å². The van der Waals surface area contributed by atoms with Gasteiger partial charge in [0.2, 0.25) is 0 Å². The van der Waals surface area contributed by atoms with Gasteiger partial charge in [0.25, 0.3) is 0 Å². The Bertz CT molecular complexity index is 1650. The van der Waals surface area contributed by atoms with Gasteiger partial charge in [-0.3, -0.25) is 9.99 Å². The molecule has 1 aliphatic heterocycles. The van der Waals surface area contributed by atoms with Gasteiger partial charge < -0.3 is 16.1 Å². The van der Waals surface area contributed by atoms with E-state index >= 15 is 0 Å². The average molecular weight is 548 g/mol. The van der Waals surface area contributed by atoms with Crippen molar-refractivity contribution in [1.82, 2.24) is 21.0 Å². The van der Waals surface area contributed by atoms with Crippen LogP contribution in [0.25, 0.3) is 10.9 Å². The Morgan fingerprint density at radius 2 is 1.85 bits per heavy atom. The third kappa shape index (κ3) is 4.87. The van der Waals surface area contributed by atoms with Crippen molar-refractivity contribution in [1.29, 1.82) is 15.8 Å². The van der Waals surface area contributed by atoms with E-state index in [1.807, 2.05) is 24.3 Å². The molecule has 11 heteroatoms. The minimum absolute atomic E-state index is 0.0610. The Morgan fingerprint density at radius 3 is 2.48 bits per heavy atom. The number of nitrogens with zero attached hydrogens (tertiary/aromatic N) is 5. The van der Waals surface area contributed by atoms with E-state index in [2.05, 4.69) is 65.6 Å². The van der Waals surface area contributed by atoms with Crippen molar-refractivity contribution < 1.29 is 0 Å². The van der Waals surface area contributed by atoms with Gasteiger partial charge in [-0.1, -0.05) is 50.6 Å². The lowest BCUT2D eigenvalue weighted by molar-refractivity contribution is 0.216. The van der Waals surface area contributed by atoms with Gasteiger partial charge in [0.05, 0.1) is 39.5 Å². The van der Waals surface area contributed by atoms with Crippen molar-refractivity contribution >= 4 is 41.7 Å². The Labute approximate surface area is 239 Å². The number of nitriles is 3. The van der Waals surface area contributed by atoms with Gasteiger partial charge in [-0.15, -0.1) is 5.53 Å². The predicted octanol–water partition coefficient (Wildman–Crippen LogP) is 4.75. The van der Waals surface area contributed by atoms with Crippen LogP contribution in [0.3, 0.4) is 0 Å². The Kier molecular flexibility index (Phi) is 6.76. The molecule has 1 unspecified atom stereocenters. The smallest absolute Gasteiger partial charge is 0.143 e. The van der Waals surface area contributed by atoms with E-state index in [-0.39, 0.29) is 5.41 Å². The van der Waals surface area contributed by atoms with Gasteiger partial charge in [-0.2, -0.15) is 15.8 Å². The van der Waals surface area contributed by atoms with Crippen molar-refractivity contribution in [2.45, 2.75) is 44.6 Å². The molecule has 2 aliphatic rings. The van der Waals surface area contributed by atoms with Gasteiger partial charge in [-0.05, 0) is 42.0 Å². The number of hydrogen-bond donors (Lipinski definition) is 4. The van der Waals surface area contributed by atoms with Gasteiger partial charge in [0.1, 0.15) is 25.5 Å². The van der Waals surface area contributed by atoms with Crippen molar-refractivity contribution in [3.05, 3.63) is 76.2 Å². The molecule has 0 bridgehead atoms. The summed E-state index contributed by atoms with van der Waals surface area (Å²) in [6.07, 6.45) is 4.71. The van der Waals surface area contributed by atoms with Crippen LogP contribution >= 0.6 is 11.6 Å². The van der Waals surface area contributed by atoms with Crippen molar-refractivity contribution in [2.75, 3.05) is 17.2 Å². The first-order chi connectivity index (χ1) is 19.0. The van der Waals surface area contributed by atoms with Crippen molar-refractivity contribution in [3.8, 4) is 18.2 Å². The highest BCUT2D eigenvalue weighted by atomic mass is 35.5. The van der Waals surface area contributed by atoms with E-state index in [4.69, 9.17) is 19.4 Å². The number of aromatic nitrogens is 1. The maximum absolute atomic E-state index is 10.0. The van der Waals surface area contributed by atoms with E-state index in [0.717, 1.165) is 12.8 Å². The number of pyridine rings is 1. The van der Waals surface area contributed by atoms with Crippen LogP contribution in [0.4, 0.5) is 11.4 Å². The zero-order valence-electron chi connectivity index (χ0n) is 22.4. The van der Waals surface area contributed by atoms with Crippen LogP contribution in [-0.2, 0) is 5.44 Å². The van der Waals surface area contributed by atoms with Crippen LogP contribution in [0.1, 0.15) is 50.3 Å². The number of anilines is 2. The zero-order valence-corrected chi connectivity index (χ0v) is 23.2. The third-order valence-electron chi connectivity index (χ3n) is 7.03. The summed E-state index contributed by atoms with van der Waals surface area (Å²) >= 11 is 6.65. The molecule has 198 valence electrons. The molecule has 1 fully saturated rings. The summed E-state index contributed by atoms with van der Waals surface area (Å²) in [6.45, 7) is 6.87. The second kappa shape index (κ2) is 9.95. The molecular formula is C29H27BClN9. The normalized spacial score (nSPS) is 17.0. The standard InChI is InChI=1S/C29H27BClN9/c1-27(2,3)17-36-26-19(13-33)14-35-25-18(12-32)10-20(11-21(25)26)37-29(30,22-6-4-5-7-23(22)31)24-15-40(39-38-24)28(16-34)8-9-28/h4-7,10-11,14-15,37-39H,8-9,17H2,1-3H3,(H,35,36). The van der Waals surface area contributed by atoms with Crippen molar-refractivity contribution in [3.63, 3.8) is 0 Å². The first-order valence-corrected chi connectivity index (χ1v) is 13.2. The molecule has 0 saturated heterocycles. The zero-order chi connectivity index (χ0) is 28.7. The fourth-order valence-corrected chi connectivity index (χ4v) is 4.93. The first kappa shape index (κ1) is 27.2. The second-order valence-corrected chi connectivity index (χ2v) is 11.7. The number of nitrogens with one attached hydrogen (secondary N) is 4. The largest absolute Gasteiger partial charge is 0.383 e. The van der Waals surface area contributed by atoms with Gasteiger partial charge >= 0.3 is 0 Å². The predicted molar refractivity (Wildman–Crippen MR) is 155 cm³/mol. The number of fused-ring (bicyclic) bond motifs is 1. The summed E-state index contributed by atoms with van der Waals surface area (Å²) in [7, 11) is 7.13. The van der Waals surface area contributed by atoms with Gasteiger partial charge in [0, 0.05) is 35.0 Å². The molecule has 4 N–H and O–H groups in total. The van der Waals surface area contributed by atoms with Crippen molar-refractivity contribution in [2.24, 2.45) is 5.41 Å². The van der Waals surface area contributed by atoms with Crippen LogP contribution in [0, 0.1) is 39.4 Å². The summed E-state index contributed by atoms with van der Waals surface area (Å²) in [5.41, 5.74) is 7.44. The molecule has 0 spiro atoms. The Hall–Kier alpha value is -4.43. The van der Waals surface area contributed by atoms with Gasteiger partial charge in [0.15, 0.2) is 0 Å². The molecule has 0 amide bonds. The fraction of sp³-hybridized carbons (Fsp3) is 0.310. The first-order valence-electron chi connectivity index (χ1n) is 12.8. The lowest BCUT2D eigenvalue weighted by Gasteiger charge is -2.35. The van der Waals surface area contributed by atoms with Crippen LogP contribution in [0.15, 0.2) is 54.5 Å². The SMILES string of the molecule is [B]C(Nc1cc(C#N)c2ncc(C#N)c(NCC(C)(C)C)c2c1)(C1=CN(C2(C#N)CC2)NN1)c1ccccc1Cl. The van der Waals surface area contributed by atoms with E-state index in [9.17, 15) is 15.8 Å². The molecule has 2 aromatic carbocycles. The monoisotopic (exact) mass is 547 g/mol.